The molecule has 0 spiro atoms. The van der Waals surface area contributed by atoms with Gasteiger partial charge in [0, 0.05) is 17.7 Å². The van der Waals surface area contributed by atoms with Crippen LogP contribution in [0.25, 0.3) is 11.3 Å². The Balaban J connectivity index is 2.14. The molecule has 0 atom stereocenters. The van der Waals surface area contributed by atoms with Gasteiger partial charge in [-0.2, -0.15) is 0 Å². The second kappa shape index (κ2) is 4.61. The third kappa shape index (κ3) is 2.28. The van der Waals surface area contributed by atoms with Crippen LogP contribution in [-0.2, 0) is 4.79 Å². The van der Waals surface area contributed by atoms with Crippen molar-refractivity contribution in [3.63, 3.8) is 0 Å². The minimum absolute atomic E-state index is 0.00687. The number of hydrogen-bond acceptors (Lipinski definition) is 3. The molecule has 0 fully saturated rings. The standard InChI is InChI=1S/C12H12N2O2/c1-2-12(15)14-10-5-3-9(4-6-10)11-7-13-8-16-11/h3-8H,2H2,1H3,(H,14,15). The zero-order valence-electron chi connectivity index (χ0n) is 8.93. The molecule has 0 unspecified atom stereocenters. The van der Waals surface area contributed by atoms with E-state index in [4.69, 9.17) is 4.42 Å². The molecular weight excluding hydrogens is 204 g/mol. The molecule has 0 bridgehead atoms. The Bertz CT molecular complexity index is 460. The van der Waals surface area contributed by atoms with E-state index >= 15 is 0 Å². The minimum Gasteiger partial charge on any atom is -0.444 e. The van der Waals surface area contributed by atoms with E-state index in [0.29, 0.717) is 12.2 Å². The maximum Gasteiger partial charge on any atom is 0.224 e. The monoisotopic (exact) mass is 216 g/mol. The van der Waals surface area contributed by atoms with Crippen molar-refractivity contribution in [2.75, 3.05) is 5.32 Å². The summed E-state index contributed by atoms with van der Waals surface area (Å²) in [4.78, 5) is 15.0. The number of anilines is 1. The summed E-state index contributed by atoms with van der Waals surface area (Å²) in [6.45, 7) is 1.82. The maximum atomic E-state index is 11.2. The Labute approximate surface area is 93.3 Å². The predicted molar refractivity (Wildman–Crippen MR) is 60.9 cm³/mol. The highest BCUT2D eigenvalue weighted by molar-refractivity contribution is 5.90. The first-order chi connectivity index (χ1) is 7.79. The molecule has 2 aromatic rings. The van der Waals surface area contributed by atoms with Gasteiger partial charge in [-0.1, -0.05) is 6.92 Å². The normalized spacial score (nSPS) is 10.1. The fourth-order valence-corrected chi connectivity index (χ4v) is 1.33. The number of hydrogen-bond donors (Lipinski definition) is 1. The number of carbonyl (C=O) groups is 1. The van der Waals surface area contributed by atoms with Crippen molar-refractivity contribution in [1.29, 1.82) is 0 Å². The number of amides is 1. The van der Waals surface area contributed by atoms with Crippen LogP contribution < -0.4 is 5.32 Å². The zero-order valence-corrected chi connectivity index (χ0v) is 8.93. The van der Waals surface area contributed by atoms with E-state index in [-0.39, 0.29) is 5.91 Å². The molecule has 0 aliphatic heterocycles. The Morgan fingerprint density at radius 3 is 2.69 bits per heavy atom. The van der Waals surface area contributed by atoms with Crippen molar-refractivity contribution in [2.45, 2.75) is 13.3 Å². The lowest BCUT2D eigenvalue weighted by Gasteiger charge is -2.03. The van der Waals surface area contributed by atoms with Crippen molar-refractivity contribution >= 4 is 11.6 Å². The molecule has 82 valence electrons. The van der Waals surface area contributed by atoms with Crippen LogP contribution >= 0.6 is 0 Å². The predicted octanol–water partition coefficient (Wildman–Crippen LogP) is 2.69. The molecule has 1 N–H and O–H groups in total. The van der Waals surface area contributed by atoms with Gasteiger partial charge >= 0.3 is 0 Å². The quantitative estimate of drug-likeness (QED) is 0.858. The van der Waals surface area contributed by atoms with Crippen LogP contribution in [0.2, 0.25) is 0 Å². The molecular formula is C12H12N2O2. The van der Waals surface area contributed by atoms with Crippen molar-refractivity contribution < 1.29 is 9.21 Å². The molecule has 0 radical (unpaired) electrons. The van der Waals surface area contributed by atoms with Gasteiger partial charge < -0.3 is 9.73 Å². The van der Waals surface area contributed by atoms with Crippen molar-refractivity contribution in [3.05, 3.63) is 36.9 Å². The van der Waals surface area contributed by atoms with E-state index in [0.717, 1.165) is 11.3 Å². The summed E-state index contributed by atoms with van der Waals surface area (Å²) in [6, 6.07) is 7.44. The first kappa shape index (κ1) is 10.4. The summed E-state index contributed by atoms with van der Waals surface area (Å²) < 4.78 is 5.16. The van der Waals surface area contributed by atoms with Crippen LogP contribution in [0.3, 0.4) is 0 Å². The number of aromatic nitrogens is 1. The first-order valence-corrected chi connectivity index (χ1v) is 5.08. The maximum absolute atomic E-state index is 11.2. The SMILES string of the molecule is CCC(=O)Nc1ccc(-c2cnco2)cc1. The van der Waals surface area contributed by atoms with Crippen LogP contribution in [0.1, 0.15) is 13.3 Å². The molecule has 16 heavy (non-hydrogen) atoms. The molecule has 1 aromatic carbocycles. The number of nitrogens with one attached hydrogen (secondary N) is 1. The molecule has 4 nitrogen and oxygen atoms in total. The van der Waals surface area contributed by atoms with Crippen LogP contribution in [0.5, 0.6) is 0 Å². The van der Waals surface area contributed by atoms with E-state index in [2.05, 4.69) is 10.3 Å². The van der Waals surface area contributed by atoms with Crippen LogP contribution in [0.4, 0.5) is 5.69 Å². The number of benzene rings is 1. The Morgan fingerprint density at radius 1 is 1.38 bits per heavy atom. The third-order valence-electron chi connectivity index (χ3n) is 2.21. The average Bonchev–Trinajstić information content (AvgIpc) is 2.83. The largest absolute Gasteiger partial charge is 0.444 e. The molecule has 1 aromatic heterocycles. The summed E-state index contributed by atoms with van der Waals surface area (Å²) in [5, 5.41) is 2.78. The van der Waals surface area contributed by atoms with Gasteiger partial charge in [-0.15, -0.1) is 0 Å². The number of carbonyl (C=O) groups excluding carboxylic acids is 1. The minimum atomic E-state index is 0.00687. The van der Waals surface area contributed by atoms with Gasteiger partial charge in [0.15, 0.2) is 12.2 Å². The molecule has 0 saturated carbocycles. The number of oxazole rings is 1. The summed E-state index contributed by atoms with van der Waals surface area (Å²) in [6.07, 6.45) is 3.52. The molecule has 1 amide bonds. The molecule has 2 rings (SSSR count). The molecule has 0 aliphatic carbocycles. The molecule has 4 heteroatoms. The van der Waals surface area contributed by atoms with Crippen LogP contribution in [0.15, 0.2) is 41.3 Å². The van der Waals surface area contributed by atoms with E-state index in [1.165, 1.54) is 6.39 Å². The van der Waals surface area contributed by atoms with Gasteiger partial charge in [0.05, 0.1) is 6.20 Å². The van der Waals surface area contributed by atoms with Crippen LogP contribution in [-0.4, -0.2) is 10.9 Å². The summed E-state index contributed by atoms with van der Waals surface area (Å²) >= 11 is 0. The van der Waals surface area contributed by atoms with E-state index < -0.39 is 0 Å². The van der Waals surface area contributed by atoms with Gasteiger partial charge in [-0.25, -0.2) is 4.98 Å². The van der Waals surface area contributed by atoms with Crippen molar-refractivity contribution in [3.8, 4) is 11.3 Å². The highest BCUT2D eigenvalue weighted by Gasteiger charge is 2.02. The third-order valence-corrected chi connectivity index (χ3v) is 2.21. The average molecular weight is 216 g/mol. The number of nitrogens with zero attached hydrogens (tertiary/aromatic N) is 1. The van der Waals surface area contributed by atoms with Crippen molar-refractivity contribution in [2.24, 2.45) is 0 Å². The lowest BCUT2D eigenvalue weighted by molar-refractivity contribution is -0.115. The molecule has 1 heterocycles. The lowest BCUT2D eigenvalue weighted by atomic mass is 10.1. The van der Waals surface area contributed by atoms with Crippen molar-refractivity contribution in [1.82, 2.24) is 4.98 Å². The summed E-state index contributed by atoms with van der Waals surface area (Å²) in [5.74, 6) is 0.723. The van der Waals surface area contributed by atoms with Gasteiger partial charge in [0.25, 0.3) is 0 Å². The Hall–Kier alpha value is -2.10. The van der Waals surface area contributed by atoms with Gasteiger partial charge in [0.1, 0.15) is 0 Å². The highest BCUT2D eigenvalue weighted by atomic mass is 16.3. The summed E-state index contributed by atoms with van der Waals surface area (Å²) in [5.41, 5.74) is 1.72. The summed E-state index contributed by atoms with van der Waals surface area (Å²) in [7, 11) is 0. The molecule has 0 saturated heterocycles. The van der Waals surface area contributed by atoms with Gasteiger partial charge in [0.2, 0.25) is 5.91 Å². The van der Waals surface area contributed by atoms with E-state index in [1.54, 1.807) is 6.20 Å². The smallest absolute Gasteiger partial charge is 0.224 e. The second-order valence-corrected chi connectivity index (χ2v) is 3.34. The van der Waals surface area contributed by atoms with E-state index in [9.17, 15) is 4.79 Å². The fraction of sp³-hybridized carbons (Fsp3) is 0.167. The first-order valence-electron chi connectivity index (χ1n) is 5.08. The lowest BCUT2D eigenvalue weighted by Crippen LogP contribution is -2.08. The van der Waals surface area contributed by atoms with Gasteiger partial charge in [-0.3, -0.25) is 4.79 Å². The van der Waals surface area contributed by atoms with Crippen LogP contribution in [0, 0.1) is 0 Å². The fourth-order valence-electron chi connectivity index (χ4n) is 1.33. The Morgan fingerprint density at radius 2 is 2.12 bits per heavy atom. The van der Waals surface area contributed by atoms with E-state index in [1.807, 2.05) is 31.2 Å². The topological polar surface area (TPSA) is 55.1 Å². The second-order valence-electron chi connectivity index (χ2n) is 3.34. The highest BCUT2D eigenvalue weighted by Crippen LogP contribution is 2.20. The van der Waals surface area contributed by atoms with Gasteiger partial charge in [-0.05, 0) is 24.3 Å². The Kier molecular flexibility index (Phi) is 3.00. The number of rotatable bonds is 3. The molecule has 0 aliphatic rings. The zero-order chi connectivity index (χ0) is 11.4.